The summed E-state index contributed by atoms with van der Waals surface area (Å²) in [6.07, 6.45) is 6.17. The first-order valence-electron chi connectivity index (χ1n) is 13.6. The molecule has 0 bridgehead atoms. The second-order valence-corrected chi connectivity index (χ2v) is 10.2. The van der Waals surface area contributed by atoms with Gasteiger partial charge in [0.25, 0.3) is 0 Å². The lowest BCUT2D eigenvalue weighted by Crippen LogP contribution is -2.47. The zero-order valence-electron chi connectivity index (χ0n) is 22.7. The smallest absolute Gasteiger partial charge is 0.326 e. The molecule has 206 valence electrons. The van der Waals surface area contributed by atoms with Crippen molar-refractivity contribution in [1.29, 1.82) is 0 Å². The molecular weight excluding hydrogens is 507 g/mol. The summed E-state index contributed by atoms with van der Waals surface area (Å²) in [6.45, 7) is 9.13. The average molecular weight is 541 g/mol. The quantitative estimate of drug-likeness (QED) is 0.245. The van der Waals surface area contributed by atoms with Crippen LogP contribution in [-0.4, -0.2) is 53.2 Å². The fraction of sp³-hybridized carbons (Fsp3) is 0.300. The van der Waals surface area contributed by atoms with Gasteiger partial charge in [0.1, 0.15) is 17.5 Å². The predicted molar refractivity (Wildman–Crippen MR) is 156 cm³/mol. The Kier molecular flexibility index (Phi) is 6.98. The van der Waals surface area contributed by atoms with E-state index in [2.05, 4.69) is 46.9 Å². The van der Waals surface area contributed by atoms with Crippen molar-refractivity contribution in [2.45, 2.75) is 19.8 Å². The Morgan fingerprint density at radius 2 is 1.85 bits per heavy atom. The molecule has 2 aliphatic rings. The van der Waals surface area contributed by atoms with Crippen LogP contribution < -0.4 is 25.2 Å². The van der Waals surface area contributed by atoms with E-state index in [1.807, 2.05) is 50.5 Å². The standard InChI is InChI=1S/C30H33FN8O/c1-19-16-22-23(34-19)9-10-25(29(22)31)40-30-36-26(35-20(2)17-24(32-3)21-7-8-21)18-28(37-30)39-14-12-38(13-15-39)27-6-4-5-11-33-27/h4-6,9-11,16-18,21,32,34H,2,7-8,12-15H2,1,3H3,(H,35,36,37)/b24-17-. The highest BCUT2D eigenvalue weighted by Gasteiger charge is 2.25. The summed E-state index contributed by atoms with van der Waals surface area (Å²) in [7, 11) is 1.92. The fourth-order valence-corrected chi connectivity index (χ4v) is 5.03. The molecule has 3 aromatic heterocycles. The summed E-state index contributed by atoms with van der Waals surface area (Å²) in [4.78, 5) is 21.3. The van der Waals surface area contributed by atoms with E-state index in [9.17, 15) is 0 Å². The van der Waals surface area contributed by atoms with Crippen LogP contribution in [0.5, 0.6) is 11.8 Å². The monoisotopic (exact) mass is 540 g/mol. The Morgan fingerprint density at radius 3 is 2.55 bits per heavy atom. The summed E-state index contributed by atoms with van der Waals surface area (Å²) in [6, 6.07) is 13.0. The SMILES string of the molecule is C=C(/C=C(\NC)C1CC1)Nc1cc(N2CCN(c3ccccn3)CC2)nc(Oc2ccc3[nH]c(C)cc3c2F)n1. The topological polar surface area (TPSA) is 94.2 Å². The van der Waals surface area contributed by atoms with Crippen LogP contribution in [0.2, 0.25) is 0 Å². The number of hydrogen-bond donors (Lipinski definition) is 3. The van der Waals surface area contributed by atoms with E-state index < -0.39 is 5.82 Å². The van der Waals surface area contributed by atoms with Crippen LogP contribution in [0.1, 0.15) is 18.5 Å². The number of allylic oxidation sites excluding steroid dienone is 2. The van der Waals surface area contributed by atoms with Crippen molar-refractivity contribution in [1.82, 2.24) is 25.3 Å². The number of piperazine rings is 1. The molecule has 9 nitrogen and oxygen atoms in total. The van der Waals surface area contributed by atoms with Gasteiger partial charge in [0, 0.05) is 73.5 Å². The van der Waals surface area contributed by atoms with Crippen LogP contribution in [0.15, 0.2) is 72.7 Å². The Hall–Kier alpha value is -4.60. The van der Waals surface area contributed by atoms with Crippen LogP contribution in [-0.2, 0) is 0 Å². The molecule has 0 spiro atoms. The number of rotatable bonds is 9. The Balaban J connectivity index is 1.27. The molecule has 1 aliphatic heterocycles. The third kappa shape index (κ3) is 5.56. The third-order valence-corrected chi connectivity index (χ3v) is 7.23. The molecule has 1 aliphatic carbocycles. The fourth-order valence-electron chi connectivity index (χ4n) is 5.03. The van der Waals surface area contributed by atoms with Gasteiger partial charge in [0.2, 0.25) is 0 Å². The van der Waals surface area contributed by atoms with Gasteiger partial charge in [-0.15, -0.1) is 0 Å². The Labute approximate surface area is 232 Å². The molecular formula is C30H33FN8O. The number of anilines is 3. The van der Waals surface area contributed by atoms with Crippen molar-refractivity contribution in [2.24, 2.45) is 5.92 Å². The highest BCUT2D eigenvalue weighted by molar-refractivity contribution is 5.82. The zero-order valence-corrected chi connectivity index (χ0v) is 22.7. The molecule has 4 heterocycles. The van der Waals surface area contributed by atoms with Crippen molar-refractivity contribution in [3.63, 3.8) is 0 Å². The number of aromatic amines is 1. The van der Waals surface area contributed by atoms with Gasteiger partial charge in [-0.3, -0.25) is 0 Å². The minimum atomic E-state index is -0.454. The van der Waals surface area contributed by atoms with E-state index >= 15 is 4.39 Å². The van der Waals surface area contributed by atoms with Crippen LogP contribution in [0.3, 0.4) is 0 Å². The lowest BCUT2D eigenvalue weighted by Gasteiger charge is -2.36. The van der Waals surface area contributed by atoms with Crippen LogP contribution >= 0.6 is 0 Å². The van der Waals surface area contributed by atoms with Crippen LogP contribution in [0, 0.1) is 18.7 Å². The minimum absolute atomic E-state index is 0.0606. The molecule has 0 amide bonds. The first kappa shape index (κ1) is 25.7. The van der Waals surface area contributed by atoms with Gasteiger partial charge >= 0.3 is 6.01 Å². The Morgan fingerprint density at radius 1 is 1.07 bits per heavy atom. The van der Waals surface area contributed by atoms with Gasteiger partial charge in [-0.2, -0.15) is 9.97 Å². The molecule has 4 aromatic rings. The zero-order chi connectivity index (χ0) is 27.6. The van der Waals surface area contributed by atoms with Gasteiger partial charge in [-0.1, -0.05) is 12.6 Å². The number of hydrogen-bond acceptors (Lipinski definition) is 8. The maximum Gasteiger partial charge on any atom is 0.326 e. The van der Waals surface area contributed by atoms with Gasteiger partial charge < -0.3 is 30.2 Å². The van der Waals surface area contributed by atoms with Crippen LogP contribution in [0.4, 0.5) is 21.8 Å². The minimum Gasteiger partial charge on any atom is -0.421 e. The summed E-state index contributed by atoms with van der Waals surface area (Å²) >= 11 is 0. The first-order chi connectivity index (χ1) is 19.5. The second-order valence-electron chi connectivity index (χ2n) is 10.2. The highest BCUT2D eigenvalue weighted by atomic mass is 19.1. The largest absolute Gasteiger partial charge is 0.421 e. The van der Waals surface area contributed by atoms with Crippen LogP contribution in [0.25, 0.3) is 10.9 Å². The normalized spacial score (nSPS) is 15.8. The molecule has 0 unspecified atom stereocenters. The molecule has 1 aromatic carbocycles. The predicted octanol–water partition coefficient (Wildman–Crippen LogP) is 5.36. The molecule has 2 fully saturated rings. The number of fused-ring (bicyclic) bond motifs is 1. The average Bonchev–Trinajstić information content (AvgIpc) is 3.74. The van der Waals surface area contributed by atoms with Crippen molar-refractivity contribution >= 4 is 28.4 Å². The number of H-pyrrole nitrogens is 1. The molecule has 10 heteroatoms. The molecule has 40 heavy (non-hydrogen) atoms. The maximum atomic E-state index is 15.3. The van der Waals surface area contributed by atoms with Crippen molar-refractivity contribution in [2.75, 3.05) is 48.3 Å². The lowest BCUT2D eigenvalue weighted by atomic mass is 10.2. The van der Waals surface area contributed by atoms with E-state index in [-0.39, 0.29) is 11.8 Å². The summed E-state index contributed by atoms with van der Waals surface area (Å²) in [5.74, 6) is 2.35. The molecule has 1 saturated carbocycles. The van der Waals surface area contributed by atoms with E-state index in [0.29, 0.717) is 34.2 Å². The van der Waals surface area contributed by atoms with E-state index in [1.165, 1.54) is 12.8 Å². The highest BCUT2D eigenvalue weighted by Crippen LogP contribution is 2.35. The van der Waals surface area contributed by atoms with E-state index in [0.717, 1.165) is 43.4 Å². The van der Waals surface area contributed by atoms with Crippen molar-refractivity contribution in [3.05, 3.63) is 84.2 Å². The molecule has 3 N–H and O–H groups in total. The van der Waals surface area contributed by atoms with E-state index in [1.54, 1.807) is 18.2 Å². The Bertz CT molecular complexity index is 1550. The molecule has 6 rings (SSSR count). The molecule has 1 saturated heterocycles. The summed E-state index contributed by atoms with van der Waals surface area (Å²) in [5, 5.41) is 7.02. The van der Waals surface area contributed by atoms with Crippen molar-refractivity contribution < 1.29 is 9.13 Å². The number of aryl methyl sites for hydroxylation is 1. The van der Waals surface area contributed by atoms with Gasteiger partial charge in [-0.25, -0.2) is 9.37 Å². The second kappa shape index (κ2) is 10.9. The third-order valence-electron chi connectivity index (χ3n) is 7.23. The summed E-state index contributed by atoms with van der Waals surface area (Å²) < 4.78 is 21.3. The van der Waals surface area contributed by atoms with Gasteiger partial charge in [-0.05, 0) is 62.1 Å². The number of benzene rings is 1. The molecule has 0 atom stereocenters. The molecule has 0 radical (unpaired) electrons. The summed E-state index contributed by atoms with van der Waals surface area (Å²) in [5.41, 5.74) is 3.43. The van der Waals surface area contributed by atoms with Crippen molar-refractivity contribution in [3.8, 4) is 11.8 Å². The number of halogens is 1. The number of nitrogens with zero attached hydrogens (tertiary/aromatic N) is 5. The number of aromatic nitrogens is 4. The van der Waals surface area contributed by atoms with Gasteiger partial charge in [0.15, 0.2) is 11.6 Å². The van der Waals surface area contributed by atoms with E-state index in [4.69, 9.17) is 4.74 Å². The number of pyridine rings is 1. The first-order valence-corrected chi connectivity index (χ1v) is 13.6. The number of nitrogens with one attached hydrogen (secondary N) is 3. The maximum absolute atomic E-state index is 15.3. The van der Waals surface area contributed by atoms with Gasteiger partial charge in [0.05, 0.1) is 0 Å². The lowest BCUT2D eigenvalue weighted by molar-refractivity contribution is 0.414. The number of ether oxygens (including phenoxy) is 1.